The zero-order chi connectivity index (χ0) is 16.9. The van der Waals surface area contributed by atoms with Gasteiger partial charge in [0, 0.05) is 44.6 Å². The van der Waals surface area contributed by atoms with E-state index >= 15 is 0 Å². The van der Waals surface area contributed by atoms with Crippen LogP contribution in [0.5, 0.6) is 5.75 Å². The second-order valence-electron chi connectivity index (χ2n) is 5.28. The monoisotopic (exact) mass is 366 g/mol. The molecule has 1 aliphatic heterocycles. The van der Waals surface area contributed by atoms with Gasteiger partial charge < -0.3 is 14.5 Å². The number of aromatic nitrogens is 2. The first-order chi connectivity index (χ1) is 11.6. The number of amides is 1. The lowest BCUT2D eigenvalue weighted by molar-refractivity contribution is -0.133. The fraction of sp³-hybridized carbons (Fsp3) is 0.312. The first-order valence-corrected chi connectivity index (χ1v) is 8.26. The molecule has 24 heavy (non-hydrogen) atoms. The van der Waals surface area contributed by atoms with Crippen LogP contribution in [0.2, 0.25) is 10.0 Å². The van der Waals surface area contributed by atoms with Crippen LogP contribution in [0.15, 0.2) is 36.7 Å². The van der Waals surface area contributed by atoms with Crippen molar-refractivity contribution in [1.82, 2.24) is 14.9 Å². The summed E-state index contributed by atoms with van der Waals surface area (Å²) in [7, 11) is 0. The Balaban J connectivity index is 1.49. The first-order valence-electron chi connectivity index (χ1n) is 7.51. The van der Waals surface area contributed by atoms with Gasteiger partial charge in [-0.05, 0) is 18.2 Å². The molecule has 2 aromatic rings. The van der Waals surface area contributed by atoms with E-state index in [2.05, 4.69) is 14.9 Å². The van der Waals surface area contributed by atoms with Crippen LogP contribution in [-0.4, -0.2) is 53.6 Å². The Morgan fingerprint density at radius 1 is 1.08 bits per heavy atom. The van der Waals surface area contributed by atoms with E-state index in [9.17, 15) is 4.79 Å². The zero-order valence-corrected chi connectivity index (χ0v) is 14.4. The Kier molecular flexibility index (Phi) is 5.37. The van der Waals surface area contributed by atoms with E-state index in [0.29, 0.717) is 47.9 Å². The summed E-state index contributed by atoms with van der Waals surface area (Å²) in [6, 6.07) is 6.71. The minimum Gasteiger partial charge on any atom is -0.484 e. The van der Waals surface area contributed by atoms with E-state index in [1.165, 1.54) is 0 Å². The Morgan fingerprint density at radius 2 is 1.79 bits per heavy atom. The van der Waals surface area contributed by atoms with Gasteiger partial charge in [-0.15, -0.1) is 0 Å². The Bertz CT molecular complexity index is 706. The lowest BCUT2D eigenvalue weighted by Gasteiger charge is -2.34. The van der Waals surface area contributed by atoms with E-state index in [4.69, 9.17) is 27.9 Å². The Morgan fingerprint density at radius 3 is 2.46 bits per heavy atom. The summed E-state index contributed by atoms with van der Waals surface area (Å²) in [5.41, 5.74) is 0. The normalized spacial score (nSPS) is 14.6. The molecular formula is C16H16Cl2N4O2. The highest BCUT2D eigenvalue weighted by Gasteiger charge is 2.22. The van der Waals surface area contributed by atoms with E-state index in [1.807, 2.05) is 0 Å². The summed E-state index contributed by atoms with van der Waals surface area (Å²) in [5, 5.41) is 0.854. The molecule has 1 saturated heterocycles. The number of ether oxygens (including phenoxy) is 1. The van der Waals surface area contributed by atoms with Crippen LogP contribution >= 0.6 is 23.2 Å². The highest BCUT2D eigenvalue weighted by atomic mass is 35.5. The van der Waals surface area contributed by atoms with Crippen LogP contribution < -0.4 is 9.64 Å². The zero-order valence-electron chi connectivity index (χ0n) is 12.9. The third-order valence-corrected chi connectivity index (χ3v) is 4.46. The predicted molar refractivity (Wildman–Crippen MR) is 92.8 cm³/mol. The number of hydrogen-bond acceptors (Lipinski definition) is 5. The minimum absolute atomic E-state index is 0.0280. The molecule has 1 aromatic carbocycles. The van der Waals surface area contributed by atoms with E-state index < -0.39 is 0 Å². The largest absolute Gasteiger partial charge is 0.484 e. The molecule has 0 N–H and O–H groups in total. The maximum Gasteiger partial charge on any atom is 0.260 e. The van der Waals surface area contributed by atoms with E-state index in [-0.39, 0.29) is 12.5 Å². The van der Waals surface area contributed by atoms with Crippen LogP contribution in [0.4, 0.5) is 5.95 Å². The molecule has 6 nitrogen and oxygen atoms in total. The SMILES string of the molecule is O=C(COc1ccc(Cl)c(Cl)c1)N1CCN(c2ncccn2)CC1. The second kappa shape index (κ2) is 7.68. The maximum absolute atomic E-state index is 12.3. The van der Waals surface area contributed by atoms with Gasteiger partial charge in [0.25, 0.3) is 5.91 Å². The van der Waals surface area contributed by atoms with Crippen molar-refractivity contribution in [2.75, 3.05) is 37.7 Å². The highest BCUT2D eigenvalue weighted by Crippen LogP contribution is 2.26. The number of rotatable bonds is 4. The predicted octanol–water partition coefficient (Wildman–Crippen LogP) is 2.51. The molecule has 0 spiro atoms. The molecule has 0 radical (unpaired) electrons. The first kappa shape index (κ1) is 16.8. The maximum atomic E-state index is 12.3. The fourth-order valence-electron chi connectivity index (χ4n) is 2.41. The van der Waals surface area contributed by atoms with Gasteiger partial charge in [-0.2, -0.15) is 0 Å². The van der Waals surface area contributed by atoms with Crippen molar-refractivity contribution in [3.8, 4) is 5.75 Å². The highest BCUT2D eigenvalue weighted by molar-refractivity contribution is 6.42. The van der Waals surface area contributed by atoms with Gasteiger partial charge in [0.2, 0.25) is 5.95 Å². The van der Waals surface area contributed by atoms with Gasteiger partial charge >= 0.3 is 0 Å². The molecule has 0 atom stereocenters. The van der Waals surface area contributed by atoms with Gasteiger partial charge in [0.1, 0.15) is 5.75 Å². The summed E-state index contributed by atoms with van der Waals surface area (Å²) in [5.74, 6) is 1.15. The van der Waals surface area contributed by atoms with Gasteiger partial charge in [-0.25, -0.2) is 9.97 Å². The smallest absolute Gasteiger partial charge is 0.260 e. The lowest BCUT2D eigenvalue weighted by atomic mass is 10.3. The van der Waals surface area contributed by atoms with Crippen LogP contribution in [0.1, 0.15) is 0 Å². The van der Waals surface area contributed by atoms with Crippen molar-refractivity contribution in [3.63, 3.8) is 0 Å². The summed E-state index contributed by atoms with van der Waals surface area (Å²) in [4.78, 5) is 24.5. The molecule has 8 heteroatoms. The number of nitrogens with zero attached hydrogens (tertiary/aromatic N) is 4. The molecule has 2 heterocycles. The summed E-state index contributed by atoms with van der Waals surface area (Å²) >= 11 is 11.8. The van der Waals surface area contributed by atoms with Crippen LogP contribution in [0.25, 0.3) is 0 Å². The summed E-state index contributed by atoms with van der Waals surface area (Å²) < 4.78 is 5.50. The number of carbonyl (C=O) groups excluding carboxylic acids is 1. The molecule has 3 rings (SSSR count). The van der Waals surface area contributed by atoms with Crippen LogP contribution in [-0.2, 0) is 4.79 Å². The van der Waals surface area contributed by atoms with Gasteiger partial charge in [-0.1, -0.05) is 23.2 Å². The molecular weight excluding hydrogens is 351 g/mol. The lowest BCUT2D eigenvalue weighted by Crippen LogP contribution is -2.50. The average molecular weight is 367 g/mol. The number of hydrogen-bond donors (Lipinski definition) is 0. The number of benzene rings is 1. The van der Waals surface area contributed by atoms with E-state index in [0.717, 1.165) is 0 Å². The number of piperazine rings is 1. The van der Waals surface area contributed by atoms with Gasteiger partial charge in [0.15, 0.2) is 6.61 Å². The molecule has 1 aliphatic rings. The number of halogens is 2. The Hall–Kier alpha value is -2.05. The third-order valence-electron chi connectivity index (χ3n) is 3.72. The topological polar surface area (TPSA) is 58.6 Å². The average Bonchev–Trinajstić information content (AvgIpc) is 2.63. The summed E-state index contributed by atoms with van der Waals surface area (Å²) in [6.45, 7) is 2.59. The third kappa shape index (κ3) is 4.07. The number of carbonyl (C=O) groups is 1. The van der Waals surface area contributed by atoms with Crippen molar-refractivity contribution in [3.05, 3.63) is 46.7 Å². The van der Waals surface area contributed by atoms with E-state index in [1.54, 1.807) is 41.6 Å². The standard InChI is InChI=1S/C16H16Cl2N4O2/c17-13-3-2-12(10-14(13)18)24-11-15(23)21-6-8-22(9-7-21)16-19-4-1-5-20-16/h1-5,10H,6-9,11H2. The molecule has 0 saturated carbocycles. The molecule has 1 aromatic heterocycles. The van der Waals surface area contributed by atoms with Crippen molar-refractivity contribution < 1.29 is 9.53 Å². The molecule has 1 fully saturated rings. The van der Waals surface area contributed by atoms with Gasteiger partial charge in [-0.3, -0.25) is 4.79 Å². The molecule has 0 aliphatic carbocycles. The molecule has 1 amide bonds. The Labute approximate surface area is 150 Å². The van der Waals surface area contributed by atoms with Crippen LogP contribution in [0, 0.1) is 0 Å². The van der Waals surface area contributed by atoms with Crippen molar-refractivity contribution in [1.29, 1.82) is 0 Å². The van der Waals surface area contributed by atoms with Crippen molar-refractivity contribution >= 4 is 35.1 Å². The minimum atomic E-state index is -0.0605. The fourth-order valence-corrected chi connectivity index (χ4v) is 2.70. The van der Waals surface area contributed by atoms with Crippen LogP contribution in [0.3, 0.4) is 0 Å². The van der Waals surface area contributed by atoms with Gasteiger partial charge in [0.05, 0.1) is 10.0 Å². The quantitative estimate of drug-likeness (QED) is 0.831. The molecule has 0 bridgehead atoms. The number of anilines is 1. The van der Waals surface area contributed by atoms with Crippen molar-refractivity contribution in [2.45, 2.75) is 0 Å². The second-order valence-corrected chi connectivity index (χ2v) is 6.10. The molecule has 0 unspecified atom stereocenters. The van der Waals surface area contributed by atoms with Crippen molar-refractivity contribution in [2.24, 2.45) is 0 Å². The summed E-state index contributed by atoms with van der Waals surface area (Å²) in [6.07, 6.45) is 3.43. The molecule has 126 valence electrons.